The van der Waals surface area contributed by atoms with E-state index in [1.54, 1.807) is 30.3 Å². The van der Waals surface area contributed by atoms with Crippen molar-refractivity contribution < 1.29 is 48.3 Å². The lowest BCUT2D eigenvalue weighted by molar-refractivity contribution is -0.161. The second kappa shape index (κ2) is 13.0. The Hall–Kier alpha value is -4.09. The molecular formula is C30H35NO10. The fourth-order valence-corrected chi connectivity index (χ4v) is 5.61. The van der Waals surface area contributed by atoms with Crippen molar-refractivity contribution in [3.8, 4) is 17.2 Å². The molecule has 2 aliphatic heterocycles. The summed E-state index contributed by atoms with van der Waals surface area (Å²) in [5.74, 6) is -2.28. The number of methoxy groups -OCH3 is 2. The van der Waals surface area contributed by atoms with Crippen molar-refractivity contribution in [1.82, 2.24) is 4.90 Å². The molecule has 2 bridgehead atoms. The minimum absolute atomic E-state index is 0.155. The molecule has 41 heavy (non-hydrogen) atoms. The molecule has 11 nitrogen and oxygen atoms in total. The summed E-state index contributed by atoms with van der Waals surface area (Å²) in [7, 11) is 4.68. The molecule has 2 aromatic carbocycles. The van der Waals surface area contributed by atoms with Gasteiger partial charge in [-0.25, -0.2) is 4.79 Å². The maximum Gasteiger partial charge on any atom is 0.331 e. The van der Waals surface area contributed by atoms with Crippen LogP contribution in [-0.4, -0.2) is 91.3 Å². The van der Waals surface area contributed by atoms with E-state index in [0.29, 0.717) is 24.0 Å². The van der Waals surface area contributed by atoms with Crippen LogP contribution in [-0.2, 0) is 28.6 Å². The van der Waals surface area contributed by atoms with Crippen LogP contribution in [0.25, 0.3) is 6.08 Å². The minimum Gasteiger partial charge on any atom is -0.504 e. The number of aromatic hydroxyl groups is 1. The highest BCUT2D eigenvalue weighted by Gasteiger charge is 2.56. The zero-order chi connectivity index (χ0) is 29.7. The van der Waals surface area contributed by atoms with Crippen LogP contribution in [0.1, 0.15) is 36.8 Å². The largest absolute Gasteiger partial charge is 0.504 e. The molecule has 6 atom stereocenters. The Morgan fingerprint density at radius 1 is 1.00 bits per heavy atom. The van der Waals surface area contributed by atoms with Crippen molar-refractivity contribution in [3.05, 3.63) is 59.7 Å². The van der Waals surface area contributed by atoms with Crippen molar-refractivity contribution in [2.24, 2.45) is 0 Å². The van der Waals surface area contributed by atoms with Gasteiger partial charge in [0.25, 0.3) is 0 Å². The maximum absolute atomic E-state index is 13.0. The Balaban J connectivity index is 1.48. The van der Waals surface area contributed by atoms with Gasteiger partial charge < -0.3 is 33.9 Å². The third-order valence-electron chi connectivity index (χ3n) is 7.54. The zero-order valence-electron chi connectivity index (χ0n) is 23.4. The summed E-state index contributed by atoms with van der Waals surface area (Å²) in [6.45, 7) is 0.886. The van der Waals surface area contributed by atoms with Crippen molar-refractivity contribution in [1.29, 1.82) is 0 Å². The molecule has 0 spiro atoms. The van der Waals surface area contributed by atoms with E-state index in [9.17, 15) is 24.6 Å². The number of benzene rings is 2. The van der Waals surface area contributed by atoms with Crippen LogP contribution >= 0.6 is 0 Å². The number of carbonyl (C=O) groups excluding carboxylic acids is 3. The summed E-state index contributed by atoms with van der Waals surface area (Å²) in [6.07, 6.45) is 1.26. The molecule has 220 valence electrons. The first-order valence-electron chi connectivity index (χ1n) is 13.3. The third kappa shape index (κ3) is 6.63. The number of esters is 3. The molecule has 4 rings (SSSR count). The first kappa shape index (κ1) is 29.9. The number of phenolic OH excluding ortho intramolecular Hbond substituents is 1. The van der Waals surface area contributed by atoms with Crippen LogP contribution < -0.4 is 9.47 Å². The molecule has 2 heterocycles. The van der Waals surface area contributed by atoms with Crippen LogP contribution in [0.4, 0.5) is 0 Å². The average molecular weight is 570 g/mol. The summed E-state index contributed by atoms with van der Waals surface area (Å²) in [6, 6.07) is 11.2. The number of rotatable bonds is 10. The SMILES string of the molecule is COc1cc(/C=C\C(=O)OC2C(OC(C)=O)C3CC(OC(=O)C(CO)c4ccccc4)CC2N3C)cc(O)c1OC. The topological polar surface area (TPSA) is 141 Å². The van der Waals surface area contributed by atoms with E-state index >= 15 is 0 Å². The second-order valence-electron chi connectivity index (χ2n) is 10.1. The van der Waals surface area contributed by atoms with E-state index in [4.69, 9.17) is 23.7 Å². The molecule has 0 saturated carbocycles. The molecule has 2 N–H and O–H groups in total. The molecule has 2 fully saturated rings. The lowest BCUT2D eigenvalue weighted by Gasteiger charge is -2.36. The molecule has 2 aliphatic rings. The highest BCUT2D eigenvalue weighted by molar-refractivity contribution is 5.87. The Morgan fingerprint density at radius 3 is 2.24 bits per heavy atom. The van der Waals surface area contributed by atoms with Crippen LogP contribution in [0.3, 0.4) is 0 Å². The zero-order valence-corrected chi connectivity index (χ0v) is 23.4. The summed E-state index contributed by atoms with van der Waals surface area (Å²) < 4.78 is 27.6. The van der Waals surface area contributed by atoms with Crippen molar-refractivity contribution in [2.45, 2.75) is 56.1 Å². The summed E-state index contributed by atoms with van der Waals surface area (Å²) in [5.41, 5.74) is 1.12. The Bertz CT molecular complexity index is 1280. The Labute approximate surface area is 238 Å². The third-order valence-corrected chi connectivity index (χ3v) is 7.54. The van der Waals surface area contributed by atoms with Crippen LogP contribution in [0.15, 0.2) is 48.5 Å². The van der Waals surface area contributed by atoms with Gasteiger partial charge in [-0.05, 0) is 36.4 Å². The lowest BCUT2D eigenvalue weighted by Crippen LogP contribution is -2.46. The van der Waals surface area contributed by atoms with Gasteiger partial charge in [0, 0.05) is 25.8 Å². The van der Waals surface area contributed by atoms with Crippen LogP contribution in [0, 0.1) is 0 Å². The normalized spacial score (nSPS) is 24.5. The maximum atomic E-state index is 13.0. The molecular weight excluding hydrogens is 534 g/mol. The number of hydrogen-bond donors (Lipinski definition) is 2. The van der Waals surface area contributed by atoms with Gasteiger partial charge in [-0.1, -0.05) is 30.3 Å². The monoisotopic (exact) mass is 569 g/mol. The molecule has 2 saturated heterocycles. The number of nitrogens with zero attached hydrogens (tertiary/aromatic N) is 1. The predicted molar refractivity (Wildman–Crippen MR) is 146 cm³/mol. The van der Waals surface area contributed by atoms with E-state index < -0.39 is 48.7 Å². The number of aliphatic hydroxyl groups excluding tert-OH is 1. The number of carbonyl (C=O) groups is 3. The summed E-state index contributed by atoms with van der Waals surface area (Å²) in [4.78, 5) is 39.9. The number of hydrogen-bond acceptors (Lipinski definition) is 11. The standard InChI is InChI=1S/C30H35NO10/c1-17(33)39-27-22-14-20(40-30(36)21(16-32)19-8-6-5-7-9-19)15-23(31(22)2)28(27)41-26(35)11-10-18-12-24(34)29(38-4)25(13-18)37-3/h5-13,20-23,27-28,32,34H,14-16H2,1-4H3/b11-10-. The quantitative estimate of drug-likeness (QED) is 0.248. The van der Waals surface area contributed by atoms with Gasteiger partial charge in [0.2, 0.25) is 5.75 Å². The molecule has 11 heteroatoms. The molecule has 0 aromatic heterocycles. The van der Waals surface area contributed by atoms with Gasteiger partial charge >= 0.3 is 17.9 Å². The molecule has 0 aliphatic carbocycles. The first-order chi connectivity index (χ1) is 19.7. The van der Waals surface area contributed by atoms with E-state index in [1.165, 1.54) is 39.4 Å². The second-order valence-corrected chi connectivity index (χ2v) is 10.1. The summed E-state index contributed by atoms with van der Waals surface area (Å²) >= 11 is 0. The van der Waals surface area contributed by atoms with Crippen molar-refractivity contribution in [3.63, 3.8) is 0 Å². The van der Waals surface area contributed by atoms with Gasteiger partial charge in [0.1, 0.15) is 12.0 Å². The van der Waals surface area contributed by atoms with E-state index in [0.717, 1.165) is 0 Å². The lowest BCUT2D eigenvalue weighted by atomic mass is 9.98. The van der Waals surface area contributed by atoms with Gasteiger partial charge in [-0.15, -0.1) is 0 Å². The highest BCUT2D eigenvalue weighted by atomic mass is 16.6. The van der Waals surface area contributed by atoms with Crippen molar-refractivity contribution >= 4 is 24.0 Å². The molecule has 2 aromatic rings. The van der Waals surface area contributed by atoms with Gasteiger partial charge in [-0.2, -0.15) is 0 Å². The van der Waals surface area contributed by atoms with E-state index in [1.807, 2.05) is 18.0 Å². The van der Waals surface area contributed by atoms with Crippen LogP contribution in [0.2, 0.25) is 0 Å². The molecule has 0 radical (unpaired) electrons. The Morgan fingerprint density at radius 2 is 1.66 bits per heavy atom. The van der Waals surface area contributed by atoms with Gasteiger partial charge in [-0.3, -0.25) is 14.5 Å². The number of phenols is 1. The van der Waals surface area contributed by atoms with Crippen LogP contribution in [0.5, 0.6) is 17.2 Å². The predicted octanol–water partition coefficient (Wildman–Crippen LogP) is 2.43. The smallest absolute Gasteiger partial charge is 0.331 e. The minimum atomic E-state index is -0.826. The molecule has 0 amide bonds. The fourth-order valence-electron chi connectivity index (χ4n) is 5.61. The van der Waals surface area contributed by atoms with Gasteiger partial charge in [0.05, 0.1) is 32.9 Å². The number of aliphatic hydroxyl groups is 1. The highest BCUT2D eigenvalue weighted by Crippen LogP contribution is 2.40. The number of piperidine rings is 1. The fraction of sp³-hybridized carbons (Fsp3) is 0.433. The first-order valence-corrected chi connectivity index (χ1v) is 13.3. The van der Waals surface area contributed by atoms with Crippen molar-refractivity contribution in [2.75, 3.05) is 27.9 Å². The van der Waals surface area contributed by atoms with E-state index in [2.05, 4.69) is 0 Å². The molecule has 6 unspecified atom stereocenters. The summed E-state index contributed by atoms with van der Waals surface area (Å²) in [5, 5.41) is 20.1. The number of fused-ring (bicyclic) bond motifs is 2. The average Bonchev–Trinajstić information content (AvgIpc) is 3.07. The number of likely N-dealkylation sites (N-methyl/N-ethyl adjacent to an activating group) is 1. The Kier molecular flexibility index (Phi) is 9.51. The van der Waals surface area contributed by atoms with Gasteiger partial charge in [0.15, 0.2) is 23.7 Å². The van der Waals surface area contributed by atoms with E-state index in [-0.39, 0.29) is 29.3 Å². The number of ether oxygens (including phenoxy) is 5.